The molecule has 3 nitrogen and oxygen atoms in total. The lowest BCUT2D eigenvalue weighted by Gasteiger charge is -2.38. The van der Waals surface area contributed by atoms with Crippen LogP contribution in [-0.4, -0.2) is 35.6 Å². The maximum Gasteiger partial charge on any atom is 0.310 e. The number of rotatable bonds is 5. The first-order chi connectivity index (χ1) is 7.52. The predicted octanol–water partition coefficient (Wildman–Crippen LogP) is 2.75. The van der Waals surface area contributed by atoms with Gasteiger partial charge in [-0.05, 0) is 33.2 Å². The van der Waals surface area contributed by atoms with Gasteiger partial charge < -0.3 is 10.0 Å². The van der Waals surface area contributed by atoms with E-state index in [9.17, 15) is 9.90 Å². The lowest BCUT2D eigenvalue weighted by atomic mass is 9.73. The summed E-state index contributed by atoms with van der Waals surface area (Å²) in [6.45, 7) is 5.02. The molecule has 0 saturated heterocycles. The largest absolute Gasteiger partial charge is 0.481 e. The van der Waals surface area contributed by atoms with Crippen molar-refractivity contribution in [2.75, 3.05) is 13.6 Å². The fourth-order valence-corrected chi connectivity index (χ4v) is 2.61. The summed E-state index contributed by atoms with van der Waals surface area (Å²) in [5.74, 6) is -0.595. The van der Waals surface area contributed by atoms with Gasteiger partial charge in [0.2, 0.25) is 0 Å². The fraction of sp³-hybridized carbons (Fsp3) is 0.923. The normalized spacial score (nSPS) is 22.0. The molecule has 1 rings (SSSR count). The SMILES string of the molecule is CCC(C)N(C)CC1(C(=O)O)CCCCC1. The number of carboxylic acids is 1. The third-order valence-corrected chi connectivity index (χ3v) is 4.16. The van der Waals surface area contributed by atoms with E-state index in [1.165, 1.54) is 6.42 Å². The Balaban J connectivity index is 2.67. The van der Waals surface area contributed by atoms with Gasteiger partial charge in [0, 0.05) is 12.6 Å². The second kappa shape index (κ2) is 5.67. The highest BCUT2D eigenvalue weighted by Crippen LogP contribution is 2.37. The van der Waals surface area contributed by atoms with E-state index in [0.29, 0.717) is 12.6 Å². The smallest absolute Gasteiger partial charge is 0.310 e. The molecule has 0 bridgehead atoms. The molecule has 1 aliphatic rings. The Bertz CT molecular complexity index is 234. The van der Waals surface area contributed by atoms with E-state index in [2.05, 4.69) is 18.7 Å². The molecule has 0 aromatic heterocycles. The summed E-state index contributed by atoms with van der Waals surface area (Å²) in [4.78, 5) is 13.7. The average molecular weight is 227 g/mol. The zero-order valence-corrected chi connectivity index (χ0v) is 10.8. The van der Waals surface area contributed by atoms with Crippen LogP contribution in [0.3, 0.4) is 0 Å². The Labute approximate surface area is 98.8 Å². The molecule has 1 unspecified atom stereocenters. The third-order valence-electron chi connectivity index (χ3n) is 4.16. The van der Waals surface area contributed by atoms with Crippen LogP contribution >= 0.6 is 0 Å². The Kier molecular flexibility index (Phi) is 4.78. The highest BCUT2D eigenvalue weighted by atomic mass is 16.4. The lowest BCUT2D eigenvalue weighted by Crippen LogP contribution is -2.45. The number of carboxylic acid groups (broad SMARTS) is 1. The molecule has 0 spiro atoms. The molecule has 0 amide bonds. The van der Waals surface area contributed by atoms with Gasteiger partial charge in [0.15, 0.2) is 0 Å². The first-order valence-electron chi connectivity index (χ1n) is 6.45. The van der Waals surface area contributed by atoms with E-state index in [0.717, 1.165) is 32.1 Å². The number of hydrogen-bond acceptors (Lipinski definition) is 2. The quantitative estimate of drug-likeness (QED) is 0.785. The van der Waals surface area contributed by atoms with Gasteiger partial charge >= 0.3 is 5.97 Å². The Morgan fingerprint density at radius 3 is 2.38 bits per heavy atom. The molecule has 0 aromatic rings. The Morgan fingerprint density at radius 1 is 1.38 bits per heavy atom. The van der Waals surface area contributed by atoms with Crippen molar-refractivity contribution in [3.8, 4) is 0 Å². The molecular weight excluding hydrogens is 202 g/mol. The van der Waals surface area contributed by atoms with Crippen molar-refractivity contribution < 1.29 is 9.90 Å². The summed E-state index contributed by atoms with van der Waals surface area (Å²) in [7, 11) is 2.05. The molecule has 16 heavy (non-hydrogen) atoms. The summed E-state index contributed by atoms with van der Waals surface area (Å²) >= 11 is 0. The molecule has 1 atom stereocenters. The van der Waals surface area contributed by atoms with Crippen LogP contribution in [0.2, 0.25) is 0 Å². The monoisotopic (exact) mass is 227 g/mol. The first kappa shape index (κ1) is 13.5. The van der Waals surface area contributed by atoms with Gasteiger partial charge in [0.25, 0.3) is 0 Å². The van der Waals surface area contributed by atoms with Gasteiger partial charge in [0.1, 0.15) is 0 Å². The van der Waals surface area contributed by atoms with Crippen LogP contribution in [0.5, 0.6) is 0 Å². The van der Waals surface area contributed by atoms with E-state index in [1.807, 2.05) is 7.05 Å². The van der Waals surface area contributed by atoms with Crippen LogP contribution in [-0.2, 0) is 4.79 Å². The molecule has 0 heterocycles. The van der Waals surface area contributed by atoms with Gasteiger partial charge in [-0.2, -0.15) is 0 Å². The highest BCUT2D eigenvalue weighted by molar-refractivity contribution is 5.75. The summed E-state index contributed by atoms with van der Waals surface area (Å²) in [6, 6.07) is 0.471. The van der Waals surface area contributed by atoms with E-state index >= 15 is 0 Å². The molecule has 0 aromatic carbocycles. The van der Waals surface area contributed by atoms with Gasteiger partial charge in [-0.3, -0.25) is 4.79 Å². The topological polar surface area (TPSA) is 40.5 Å². The third kappa shape index (κ3) is 2.97. The van der Waals surface area contributed by atoms with Crippen molar-refractivity contribution in [1.29, 1.82) is 0 Å². The second-order valence-corrected chi connectivity index (χ2v) is 5.32. The summed E-state index contributed by atoms with van der Waals surface area (Å²) < 4.78 is 0. The van der Waals surface area contributed by atoms with Crippen LogP contribution in [0.4, 0.5) is 0 Å². The molecule has 3 heteroatoms. The molecule has 0 radical (unpaired) electrons. The first-order valence-corrected chi connectivity index (χ1v) is 6.45. The zero-order valence-electron chi connectivity index (χ0n) is 10.8. The number of hydrogen-bond donors (Lipinski definition) is 1. The van der Waals surface area contributed by atoms with Crippen LogP contribution in [0.25, 0.3) is 0 Å². The molecular formula is C13H25NO2. The van der Waals surface area contributed by atoms with E-state index in [4.69, 9.17) is 0 Å². The van der Waals surface area contributed by atoms with E-state index in [1.54, 1.807) is 0 Å². The van der Waals surface area contributed by atoms with Gasteiger partial charge in [-0.15, -0.1) is 0 Å². The van der Waals surface area contributed by atoms with E-state index < -0.39 is 11.4 Å². The number of nitrogens with zero attached hydrogens (tertiary/aromatic N) is 1. The Morgan fingerprint density at radius 2 is 1.94 bits per heavy atom. The van der Waals surface area contributed by atoms with E-state index in [-0.39, 0.29) is 0 Å². The van der Waals surface area contributed by atoms with Gasteiger partial charge in [-0.1, -0.05) is 26.2 Å². The molecule has 1 N–H and O–H groups in total. The minimum atomic E-state index is -0.595. The standard InChI is InChI=1S/C13H25NO2/c1-4-11(2)14(3)10-13(12(15)16)8-6-5-7-9-13/h11H,4-10H2,1-3H3,(H,15,16). The van der Waals surface area contributed by atoms with Crippen molar-refractivity contribution in [3.05, 3.63) is 0 Å². The molecule has 1 saturated carbocycles. The molecule has 1 fully saturated rings. The molecule has 1 aliphatic carbocycles. The second-order valence-electron chi connectivity index (χ2n) is 5.32. The summed E-state index contributed by atoms with van der Waals surface area (Å²) in [5, 5.41) is 9.47. The number of aliphatic carboxylic acids is 1. The highest BCUT2D eigenvalue weighted by Gasteiger charge is 2.40. The van der Waals surface area contributed by atoms with Crippen molar-refractivity contribution in [3.63, 3.8) is 0 Å². The van der Waals surface area contributed by atoms with Crippen LogP contribution < -0.4 is 0 Å². The van der Waals surface area contributed by atoms with Crippen molar-refractivity contribution in [2.24, 2.45) is 5.41 Å². The van der Waals surface area contributed by atoms with Gasteiger partial charge in [-0.25, -0.2) is 0 Å². The number of carbonyl (C=O) groups is 1. The van der Waals surface area contributed by atoms with Crippen LogP contribution in [0, 0.1) is 5.41 Å². The molecule has 94 valence electrons. The van der Waals surface area contributed by atoms with Crippen LogP contribution in [0.1, 0.15) is 52.4 Å². The average Bonchev–Trinajstić information content (AvgIpc) is 2.28. The lowest BCUT2D eigenvalue weighted by molar-refractivity contribution is -0.152. The van der Waals surface area contributed by atoms with Crippen molar-refractivity contribution >= 4 is 5.97 Å². The summed E-state index contributed by atoms with van der Waals surface area (Å²) in [5.41, 5.74) is -0.476. The minimum Gasteiger partial charge on any atom is -0.481 e. The predicted molar refractivity (Wildman–Crippen MR) is 65.5 cm³/mol. The van der Waals surface area contributed by atoms with Gasteiger partial charge in [0.05, 0.1) is 5.41 Å². The Hall–Kier alpha value is -0.570. The maximum absolute atomic E-state index is 11.5. The minimum absolute atomic E-state index is 0.471. The zero-order chi connectivity index (χ0) is 12.2. The fourth-order valence-electron chi connectivity index (χ4n) is 2.61. The van der Waals surface area contributed by atoms with Crippen LogP contribution in [0.15, 0.2) is 0 Å². The maximum atomic E-state index is 11.5. The van der Waals surface area contributed by atoms with Crippen molar-refractivity contribution in [2.45, 2.75) is 58.4 Å². The van der Waals surface area contributed by atoms with Crippen molar-refractivity contribution in [1.82, 2.24) is 4.90 Å². The molecule has 0 aliphatic heterocycles. The summed E-state index contributed by atoms with van der Waals surface area (Å²) in [6.07, 6.45) is 6.11.